The van der Waals surface area contributed by atoms with E-state index in [4.69, 9.17) is 0 Å². The maximum Gasteiger partial charge on any atom is 0.309 e. The number of nitrogens with one attached hydrogen (secondary N) is 1. The Labute approximate surface area is 108 Å². The molecule has 18 heavy (non-hydrogen) atoms. The Bertz CT molecular complexity index is 445. The molecule has 1 aromatic carbocycles. The van der Waals surface area contributed by atoms with E-state index < -0.39 is 5.97 Å². The molecule has 2 N–H and O–H groups in total. The largest absolute Gasteiger partial charge is 0.481 e. The molecule has 1 aliphatic rings. The predicted octanol–water partition coefficient (Wildman–Crippen LogP) is 1.41. The lowest BCUT2D eigenvalue weighted by Crippen LogP contribution is -2.34. The number of benzene rings is 1. The molecule has 1 aliphatic heterocycles. The number of nitrogens with zero attached hydrogens (tertiary/aromatic N) is 1. The summed E-state index contributed by atoms with van der Waals surface area (Å²) in [4.78, 5) is 13.3. The summed E-state index contributed by atoms with van der Waals surface area (Å²) in [6.45, 7) is 6.96. The van der Waals surface area contributed by atoms with Crippen molar-refractivity contribution >= 4 is 11.7 Å². The van der Waals surface area contributed by atoms with Crippen LogP contribution in [0.25, 0.3) is 0 Å². The van der Waals surface area contributed by atoms with Crippen molar-refractivity contribution < 1.29 is 9.90 Å². The van der Waals surface area contributed by atoms with E-state index in [-0.39, 0.29) is 5.92 Å². The van der Waals surface area contributed by atoms with E-state index in [1.807, 2.05) is 0 Å². The number of hydrogen-bond acceptors (Lipinski definition) is 3. The molecule has 0 aliphatic carbocycles. The first kappa shape index (κ1) is 12.9. The van der Waals surface area contributed by atoms with Crippen molar-refractivity contribution in [1.29, 1.82) is 0 Å². The third-order valence-electron chi connectivity index (χ3n) is 3.43. The molecule has 0 radical (unpaired) electrons. The molecule has 1 atom stereocenters. The topological polar surface area (TPSA) is 52.6 Å². The van der Waals surface area contributed by atoms with Gasteiger partial charge in [-0.05, 0) is 25.5 Å². The highest BCUT2D eigenvalue weighted by atomic mass is 16.4. The number of hydrogen-bond donors (Lipinski definition) is 2. The number of carboxylic acids is 1. The molecule has 98 valence electrons. The Morgan fingerprint density at radius 1 is 1.44 bits per heavy atom. The van der Waals surface area contributed by atoms with Gasteiger partial charge in [-0.15, -0.1) is 0 Å². The van der Waals surface area contributed by atoms with Crippen LogP contribution in [-0.2, 0) is 4.79 Å². The number of anilines is 1. The summed E-state index contributed by atoms with van der Waals surface area (Å²) < 4.78 is 0. The Kier molecular flexibility index (Phi) is 3.87. The SMILES string of the molecule is Cc1ccc(N2CCNCC(C(=O)O)C2)c(C)c1. The van der Waals surface area contributed by atoms with Gasteiger partial charge in [0.05, 0.1) is 5.92 Å². The fourth-order valence-corrected chi connectivity index (χ4v) is 2.46. The van der Waals surface area contributed by atoms with E-state index in [1.165, 1.54) is 11.1 Å². The highest BCUT2D eigenvalue weighted by molar-refractivity contribution is 5.71. The lowest BCUT2D eigenvalue weighted by molar-refractivity contribution is -0.141. The molecular formula is C14H20N2O2. The number of rotatable bonds is 2. The fraction of sp³-hybridized carbons (Fsp3) is 0.500. The Morgan fingerprint density at radius 3 is 2.89 bits per heavy atom. The summed E-state index contributed by atoms with van der Waals surface area (Å²) in [6, 6.07) is 6.31. The Morgan fingerprint density at radius 2 is 2.22 bits per heavy atom. The van der Waals surface area contributed by atoms with Gasteiger partial charge < -0.3 is 15.3 Å². The lowest BCUT2D eigenvalue weighted by Gasteiger charge is -2.26. The zero-order valence-electron chi connectivity index (χ0n) is 10.9. The van der Waals surface area contributed by atoms with Crippen molar-refractivity contribution in [3.05, 3.63) is 29.3 Å². The van der Waals surface area contributed by atoms with Crippen molar-refractivity contribution in [3.63, 3.8) is 0 Å². The van der Waals surface area contributed by atoms with Gasteiger partial charge in [0.25, 0.3) is 0 Å². The van der Waals surface area contributed by atoms with Crippen LogP contribution in [0.2, 0.25) is 0 Å². The molecule has 0 bridgehead atoms. The van der Waals surface area contributed by atoms with Gasteiger partial charge in [-0.3, -0.25) is 4.79 Å². The van der Waals surface area contributed by atoms with Gasteiger partial charge in [-0.2, -0.15) is 0 Å². The smallest absolute Gasteiger partial charge is 0.309 e. The monoisotopic (exact) mass is 248 g/mol. The number of carboxylic acid groups (broad SMARTS) is 1. The predicted molar refractivity (Wildman–Crippen MR) is 72.1 cm³/mol. The minimum atomic E-state index is -0.723. The zero-order chi connectivity index (χ0) is 13.1. The fourth-order valence-electron chi connectivity index (χ4n) is 2.46. The summed E-state index contributed by atoms with van der Waals surface area (Å²) in [5.41, 5.74) is 3.59. The first-order valence-electron chi connectivity index (χ1n) is 6.33. The molecule has 0 amide bonds. The van der Waals surface area contributed by atoms with Crippen molar-refractivity contribution in [2.75, 3.05) is 31.1 Å². The first-order chi connectivity index (χ1) is 8.58. The van der Waals surface area contributed by atoms with Gasteiger partial charge in [-0.1, -0.05) is 17.7 Å². The number of aliphatic carboxylic acids is 1. The lowest BCUT2D eigenvalue weighted by atomic mass is 10.1. The summed E-state index contributed by atoms with van der Waals surface area (Å²) in [7, 11) is 0. The highest BCUT2D eigenvalue weighted by Gasteiger charge is 2.24. The molecule has 1 unspecified atom stereocenters. The molecule has 2 rings (SSSR count). The Hall–Kier alpha value is -1.55. The van der Waals surface area contributed by atoms with Crippen LogP contribution in [0.1, 0.15) is 11.1 Å². The van der Waals surface area contributed by atoms with Crippen molar-refractivity contribution in [1.82, 2.24) is 5.32 Å². The molecule has 1 fully saturated rings. The third kappa shape index (κ3) is 2.82. The highest BCUT2D eigenvalue weighted by Crippen LogP contribution is 2.22. The average Bonchev–Trinajstić information content (AvgIpc) is 2.54. The van der Waals surface area contributed by atoms with Crippen LogP contribution in [0.15, 0.2) is 18.2 Å². The van der Waals surface area contributed by atoms with E-state index >= 15 is 0 Å². The molecule has 1 saturated heterocycles. The summed E-state index contributed by atoms with van der Waals surface area (Å²) in [5, 5.41) is 12.4. The molecule has 4 heteroatoms. The molecule has 0 saturated carbocycles. The van der Waals surface area contributed by atoms with E-state index in [9.17, 15) is 9.90 Å². The van der Waals surface area contributed by atoms with Crippen molar-refractivity contribution in [2.45, 2.75) is 13.8 Å². The van der Waals surface area contributed by atoms with E-state index in [0.717, 1.165) is 18.8 Å². The standard InChI is InChI=1S/C14H20N2O2/c1-10-3-4-13(11(2)7-10)16-6-5-15-8-12(9-16)14(17)18/h3-4,7,12,15H,5-6,8-9H2,1-2H3,(H,17,18). The van der Waals surface area contributed by atoms with Crippen LogP contribution in [0.4, 0.5) is 5.69 Å². The van der Waals surface area contributed by atoms with Gasteiger partial charge in [-0.25, -0.2) is 0 Å². The molecule has 4 nitrogen and oxygen atoms in total. The third-order valence-corrected chi connectivity index (χ3v) is 3.43. The van der Waals surface area contributed by atoms with Gasteiger partial charge in [0.1, 0.15) is 0 Å². The second kappa shape index (κ2) is 5.40. The molecule has 1 aromatic rings. The van der Waals surface area contributed by atoms with Crippen LogP contribution >= 0.6 is 0 Å². The second-order valence-corrected chi connectivity index (χ2v) is 4.98. The molecule has 1 heterocycles. The zero-order valence-corrected chi connectivity index (χ0v) is 10.9. The van der Waals surface area contributed by atoms with Crippen molar-refractivity contribution in [2.24, 2.45) is 5.92 Å². The van der Waals surface area contributed by atoms with Crippen LogP contribution < -0.4 is 10.2 Å². The van der Waals surface area contributed by atoms with Gasteiger partial charge in [0, 0.05) is 31.9 Å². The van der Waals surface area contributed by atoms with Crippen LogP contribution in [0, 0.1) is 19.8 Å². The number of aryl methyl sites for hydroxylation is 2. The molecule has 0 aromatic heterocycles. The average molecular weight is 248 g/mol. The summed E-state index contributed by atoms with van der Waals surface area (Å²) in [6.07, 6.45) is 0. The van der Waals surface area contributed by atoms with Gasteiger partial charge in [0.15, 0.2) is 0 Å². The maximum absolute atomic E-state index is 11.2. The minimum absolute atomic E-state index is 0.340. The first-order valence-corrected chi connectivity index (χ1v) is 6.33. The number of carbonyl (C=O) groups is 1. The Balaban J connectivity index is 2.22. The van der Waals surface area contributed by atoms with Crippen LogP contribution in [0.5, 0.6) is 0 Å². The van der Waals surface area contributed by atoms with Crippen molar-refractivity contribution in [3.8, 4) is 0 Å². The molecular weight excluding hydrogens is 228 g/mol. The van der Waals surface area contributed by atoms with Gasteiger partial charge >= 0.3 is 5.97 Å². The van der Waals surface area contributed by atoms with E-state index in [1.54, 1.807) is 0 Å². The van der Waals surface area contributed by atoms with Crippen LogP contribution in [0.3, 0.4) is 0 Å². The summed E-state index contributed by atoms with van der Waals surface area (Å²) in [5.74, 6) is -1.06. The maximum atomic E-state index is 11.2. The summed E-state index contributed by atoms with van der Waals surface area (Å²) >= 11 is 0. The second-order valence-electron chi connectivity index (χ2n) is 4.98. The van der Waals surface area contributed by atoms with E-state index in [0.29, 0.717) is 13.1 Å². The quantitative estimate of drug-likeness (QED) is 0.831. The van der Waals surface area contributed by atoms with Crippen LogP contribution in [-0.4, -0.2) is 37.3 Å². The normalized spacial score (nSPS) is 20.6. The van der Waals surface area contributed by atoms with E-state index in [2.05, 4.69) is 42.3 Å². The van der Waals surface area contributed by atoms with Gasteiger partial charge in [0.2, 0.25) is 0 Å². The minimum Gasteiger partial charge on any atom is -0.481 e. The molecule has 0 spiro atoms.